The third kappa shape index (κ3) is 2.77. The molecule has 0 saturated heterocycles. The van der Waals surface area contributed by atoms with Crippen LogP contribution < -0.4 is 0 Å². The Balaban J connectivity index is 1.93. The van der Waals surface area contributed by atoms with Crippen molar-refractivity contribution in [3.63, 3.8) is 0 Å². The maximum Gasteiger partial charge on any atom is 0.306 e. The standard InChI is InChI=1S/C12H13Cl2NO4/c13-8-9(14)11(17)15(10(8)16)5-6-1-3-7(4-2-6)12(18)19/h6-7H,1-5H2,(H,18,19). The van der Waals surface area contributed by atoms with Gasteiger partial charge in [0.1, 0.15) is 10.1 Å². The number of hydrogen-bond acceptors (Lipinski definition) is 3. The summed E-state index contributed by atoms with van der Waals surface area (Å²) in [6.45, 7) is 0.260. The molecule has 1 N–H and O–H groups in total. The minimum absolute atomic E-state index is 0.121. The monoisotopic (exact) mass is 305 g/mol. The van der Waals surface area contributed by atoms with Gasteiger partial charge in [0.2, 0.25) is 0 Å². The normalized spacial score (nSPS) is 28.2. The predicted molar refractivity (Wildman–Crippen MR) is 68.5 cm³/mol. The minimum atomic E-state index is -0.778. The highest BCUT2D eigenvalue weighted by molar-refractivity contribution is 6.58. The molecular weight excluding hydrogens is 293 g/mol. The molecule has 0 unspecified atom stereocenters. The summed E-state index contributed by atoms with van der Waals surface area (Å²) in [4.78, 5) is 35.3. The molecule has 0 atom stereocenters. The number of amides is 2. The Morgan fingerprint density at radius 2 is 1.58 bits per heavy atom. The SMILES string of the molecule is O=C(O)C1CCC(CN2C(=O)C(Cl)=C(Cl)C2=O)CC1. The first kappa shape index (κ1) is 14.3. The van der Waals surface area contributed by atoms with Gasteiger partial charge in [0, 0.05) is 6.54 Å². The summed E-state index contributed by atoms with van der Waals surface area (Å²) in [7, 11) is 0. The first-order chi connectivity index (χ1) is 8.91. The molecule has 5 nitrogen and oxygen atoms in total. The van der Waals surface area contributed by atoms with Crippen LogP contribution in [0.1, 0.15) is 25.7 Å². The molecule has 104 valence electrons. The molecule has 0 radical (unpaired) electrons. The Labute approximate surface area is 120 Å². The van der Waals surface area contributed by atoms with Gasteiger partial charge in [-0.15, -0.1) is 0 Å². The zero-order valence-corrected chi connectivity index (χ0v) is 11.6. The number of aliphatic carboxylic acids is 1. The molecule has 0 aromatic heterocycles. The molecule has 2 aliphatic rings. The van der Waals surface area contributed by atoms with Gasteiger partial charge < -0.3 is 5.11 Å². The van der Waals surface area contributed by atoms with Gasteiger partial charge in [-0.05, 0) is 31.6 Å². The maximum absolute atomic E-state index is 11.7. The summed E-state index contributed by atoms with van der Waals surface area (Å²) in [5.74, 6) is -2.09. The van der Waals surface area contributed by atoms with Crippen LogP contribution in [0.15, 0.2) is 10.1 Å². The van der Waals surface area contributed by atoms with Gasteiger partial charge in [-0.3, -0.25) is 19.3 Å². The predicted octanol–water partition coefficient (Wildman–Crippen LogP) is 1.94. The lowest BCUT2D eigenvalue weighted by Crippen LogP contribution is -2.37. The number of carboxylic acids is 1. The maximum atomic E-state index is 11.7. The van der Waals surface area contributed by atoms with E-state index in [0.29, 0.717) is 25.7 Å². The summed E-state index contributed by atoms with van der Waals surface area (Å²) < 4.78 is 0. The first-order valence-electron chi connectivity index (χ1n) is 6.06. The Morgan fingerprint density at radius 1 is 1.11 bits per heavy atom. The fourth-order valence-corrected chi connectivity index (χ4v) is 2.90. The number of hydrogen-bond donors (Lipinski definition) is 1. The van der Waals surface area contributed by atoms with Crippen LogP contribution in [0.25, 0.3) is 0 Å². The van der Waals surface area contributed by atoms with E-state index in [4.69, 9.17) is 28.3 Å². The van der Waals surface area contributed by atoms with Gasteiger partial charge in [-0.2, -0.15) is 0 Å². The number of rotatable bonds is 3. The van der Waals surface area contributed by atoms with Crippen LogP contribution in [-0.2, 0) is 14.4 Å². The Bertz CT molecular complexity index is 442. The lowest BCUT2D eigenvalue weighted by Gasteiger charge is -2.28. The molecule has 19 heavy (non-hydrogen) atoms. The largest absolute Gasteiger partial charge is 0.481 e. The van der Waals surface area contributed by atoms with E-state index in [9.17, 15) is 14.4 Å². The molecule has 1 aliphatic heterocycles. The van der Waals surface area contributed by atoms with Crippen molar-refractivity contribution < 1.29 is 19.5 Å². The number of imide groups is 1. The van der Waals surface area contributed by atoms with Gasteiger partial charge in [0.15, 0.2) is 0 Å². The van der Waals surface area contributed by atoms with Crippen LogP contribution in [0.4, 0.5) is 0 Å². The molecule has 0 aromatic carbocycles. The summed E-state index contributed by atoms with van der Waals surface area (Å²) in [6, 6.07) is 0. The van der Waals surface area contributed by atoms with Crippen molar-refractivity contribution in [3.8, 4) is 0 Å². The molecule has 1 heterocycles. The molecule has 0 aromatic rings. The second kappa shape index (κ2) is 5.51. The molecule has 1 aliphatic carbocycles. The van der Waals surface area contributed by atoms with E-state index in [-0.39, 0.29) is 28.4 Å². The van der Waals surface area contributed by atoms with Crippen molar-refractivity contribution in [1.29, 1.82) is 0 Å². The van der Waals surface area contributed by atoms with Gasteiger partial charge >= 0.3 is 5.97 Å². The van der Waals surface area contributed by atoms with Crippen LogP contribution in [0.2, 0.25) is 0 Å². The van der Waals surface area contributed by atoms with Crippen LogP contribution in [0.3, 0.4) is 0 Å². The Hall–Kier alpha value is -1.07. The van der Waals surface area contributed by atoms with Gasteiger partial charge in [0.05, 0.1) is 5.92 Å². The van der Waals surface area contributed by atoms with Crippen molar-refractivity contribution in [2.24, 2.45) is 11.8 Å². The second-order valence-corrected chi connectivity index (χ2v) is 5.66. The van der Waals surface area contributed by atoms with E-state index in [1.165, 1.54) is 0 Å². The molecule has 2 rings (SSSR count). The van der Waals surface area contributed by atoms with Crippen molar-refractivity contribution in [1.82, 2.24) is 4.90 Å². The van der Waals surface area contributed by atoms with Crippen LogP contribution in [-0.4, -0.2) is 34.3 Å². The third-order valence-corrected chi connectivity index (χ3v) is 4.49. The van der Waals surface area contributed by atoms with E-state index in [1.54, 1.807) is 0 Å². The molecule has 1 saturated carbocycles. The lowest BCUT2D eigenvalue weighted by molar-refractivity contribution is -0.144. The smallest absolute Gasteiger partial charge is 0.306 e. The van der Waals surface area contributed by atoms with Gasteiger partial charge in [-0.25, -0.2) is 0 Å². The quantitative estimate of drug-likeness (QED) is 0.809. The van der Waals surface area contributed by atoms with E-state index < -0.39 is 17.8 Å². The molecule has 1 fully saturated rings. The van der Waals surface area contributed by atoms with Crippen molar-refractivity contribution in [2.75, 3.05) is 6.54 Å². The third-order valence-electron chi connectivity index (χ3n) is 3.70. The molecule has 7 heteroatoms. The summed E-state index contributed by atoms with van der Waals surface area (Å²) in [5, 5.41) is 8.44. The van der Waals surface area contributed by atoms with Crippen molar-refractivity contribution in [3.05, 3.63) is 10.1 Å². The number of carbonyl (C=O) groups is 3. The zero-order valence-electron chi connectivity index (χ0n) is 10.1. The van der Waals surface area contributed by atoms with E-state index in [0.717, 1.165) is 4.90 Å². The lowest BCUT2D eigenvalue weighted by atomic mass is 9.82. The molecule has 2 amide bonds. The molecule has 0 spiro atoms. The van der Waals surface area contributed by atoms with Crippen LogP contribution in [0.5, 0.6) is 0 Å². The minimum Gasteiger partial charge on any atom is -0.481 e. The highest BCUT2D eigenvalue weighted by atomic mass is 35.5. The number of carboxylic acid groups (broad SMARTS) is 1. The van der Waals surface area contributed by atoms with Crippen LogP contribution >= 0.6 is 23.2 Å². The number of carbonyl (C=O) groups excluding carboxylic acids is 2. The Kier molecular flexibility index (Phi) is 4.16. The average molecular weight is 306 g/mol. The van der Waals surface area contributed by atoms with Gasteiger partial charge in [0.25, 0.3) is 11.8 Å². The summed E-state index contributed by atoms with van der Waals surface area (Å²) >= 11 is 11.3. The first-order valence-corrected chi connectivity index (χ1v) is 6.81. The zero-order chi connectivity index (χ0) is 14.2. The van der Waals surface area contributed by atoms with E-state index >= 15 is 0 Å². The topological polar surface area (TPSA) is 74.7 Å². The molecular formula is C12H13Cl2NO4. The van der Waals surface area contributed by atoms with E-state index in [2.05, 4.69) is 0 Å². The highest BCUT2D eigenvalue weighted by Crippen LogP contribution is 2.32. The van der Waals surface area contributed by atoms with Crippen LogP contribution in [0, 0.1) is 11.8 Å². The Morgan fingerprint density at radius 3 is 2.00 bits per heavy atom. The summed E-state index contributed by atoms with van der Waals surface area (Å²) in [6.07, 6.45) is 2.52. The molecule has 0 bridgehead atoms. The number of nitrogens with zero attached hydrogens (tertiary/aromatic N) is 1. The summed E-state index contributed by atoms with van der Waals surface area (Å²) in [5.41, 5.74) is 0. The highest BCUT2D eigenvalue weighted by Gasteiger charge is 2.38. The fraction of sp³-hybridized carbons (Fsp3) is 0.583. The van der Waals surface area contributed by atoms with Crippen molar-refractivity contribution >= 4 is 41.0 Å². The number of halogens is 2. The van der Waals surface area contributed by atoms with E-state index in [1.807, 2.05) is 0 Å². The second-order valence-electron chi connectivity index (χ2n) is 4.90. The fourth-order valence-electron chi connectivity index (χ4n) is 2.53. The average Bonchev–Trinajstić information content (AvgIpc) is 2.57. The van der Waals surface area contributed by atoms with Crippen molar-refractivity contribution in [2.45, 2.75) is 25.7 Å². The van der Waals surface area contributed by atoms with Gasteiger partial charge in [-0.1, -0.05) is 23.2 Å².